The van der Waals surface area contributed by atoms with Gasteiger partial charge in [-0.2, -0.15) is 0 Å². The molecule has 0 aromatic heterocycles. The Kier molecular flexibility index (Phi) is 3.95. The third-order valence-corrected chi connectivity index (χ3v) is 5.78. The van der Waals surface area contributed by atoms with Crippen LogP contribution >= 0.6 is 0 Å². The number of aliphatic hydroxyl groups is 1. The second kappa shape index (κ2) is 5.50. The van der Waals surface area contributed by atoms with E-state index in [9.17, 15) is 5.11 Å². The van der Waals surface area contributed by atoms with E-state index in [1.807, 2.05) is 0 Å². The van der Waals surface area contributed by atoms with Gasteiger partial charge in [-0.25, -0.2) is 0 Å². The van der Waals surface area contributed by atoms with E-state index in [1.54, 1.807) is 0 Å². The zero-order chi connectivity index (χ0) is 12.4. The van der Waals surface area contributed by atoms with Gasteiger partial charge in [-0.15, -0.1) is 0 Å². The minimum atomic E-state index is -0.367. The summed E-state index contributed by atoms with van der Waals surface area (Å²) < 4.78 is 0. The predicted molar refractivity (Wildman–Crippen MR) is 74.6 cm³/mol. The Bertz CT molecular complexity index is 272. The van der Waals surface area contributed by atoms with Crippen molar-refractivity contribution < 1.29 is 5.11 Å². The lowest BCUT2D eigenvalue weighted by molar-refractivity contribution is -0.102. The molecule has 3 rings (SSSR count). The third kappa shape index (κ3) is 2.46. The molecule has 0 spiro atoms. The summed E-state index contributed by atoms with van der Waals surface area (Å²) in [5.41, 5.74) is -0.367. The molecule has 3 saturated carbocycles. The van der Waals surface area contributed by atoms with E-state index in [0.29, 0.717) is 18.0 Å². The Hall–Kier alpha value is -0.0800. The van der Waals surface area contributed by atoms with Gasteiger partial charge >= 0.3 is 0 Å². The van der Waals surface area contributed by atoms with Crippen molar-refractivity contribution in [3.8, 4) is 0 Å². The van der Waals surface area contributed by atoms with Gasteiger partial charge in [0.1, 0.15) is 0 Å². The molecule has 2 nitrogen and oxygen atoms in total. The molecule has 0 aliphatic heterocycles. The highest BCUT2D eigenvalue weighted by molar-refractivity contribution is 5.02. The van der Waals surface area contributed by atoms with Crippen LogP contribution in [0, 0.1) is 5.92 Å². The first-order valence-electron chi connectivity index (χ1n) is 8.27. The second-order valence-corrected chi connectivity index (χ2v) is 6.92. The van der Waals surface area contributed by atoms with Crippen molar-refractivity contribution in [3.05, 3.63) is 0 Å². The van der Waals surface area contributed by atoms with Gasteiger partial charge in [0.25, 0.3) is 0 Å². The van der Waals surface area contributed by atoms with Crippen LogP contribution in [0.2, 0.25) is 0 Å². The molecule has 3 fully saturated rings. The molecule has 0 radical (unpaired) electrons. The lowest BCUT2D eigenvalue weighted by atomic mass is 9.64. The second-order valence-electron chi connectivity index (χ2n) is 6.92. The Balaban J connectivity index is 1.65. The first kappa shape index (κ1) is 12.9. The summed E-state index contributed by atoms with van der Waals surface area (Å²) in [6, 6.07) is 1.08. The summed E-state index contributed by atoms with van der Waals surface area (Å²) >= 11 is 0. The van der Waals surface area contributed by atoms with Crippen molar-refractivity contribution in [3.63, 3.8) is 0 Å². The average molecular weight is 251 g/mol. The highest BCUT2D eigenvalue weighted by Crippen LogP contribution is 2.44. The van der Waals surface area contributed by atoms with Gasteiger partial charge in [0, 0.05) is 12.1 Å². The van der Waals surface area contributed by atoms with Gasteiger partial charge in [-0.1, -0.05) is 38.5 Å². The van der Waals surface area contributed by atoms with Crippen LogP contribution in [-0.4, -0.2) is 22.8 Å². The van der Waals surface area contributed by atoms with E-state index < -0.39 is 0 Å². The molecule has 104 valence electrons. The van der Waals surface area contributed by atoms with Crippen LogP contribution in [0.1, 0.15) is 77.0 Å². The standard InChI is InChI=1S/C16H29NO/c18-16-12-5-4-7-13(16)8-6-11-15(16)17-14-9-2-1-3-10-14/h13-15,17-18H,1-12H2/t13-,15?,16-/m1/s1. The molecule has 2 heteroatoms. The van der Waals surface area contributed by atoms with Crippen LogP contribution in [0.4, 0.5) is 0 Å². The summed E-state index contributed by atoms with van der Waals surface area (Å²) in [6.45, 7) is 0. The van der Waals surface area contributed by atoms with Gasteiger partial charge in [-0.3, -0.25) is 0 Å². The Morgan fingerprint density at radius 1 is 0.778 bits per heavy atom. The molecule has 3 aliphatic carbocycles. The lowest BCUT2D eigenvalue weighted by Crippen LogP contribution is -2.60. The first-order chi connectivity index (χ1) is 8.79. The van der Waals surface area contributed by atoms with Crippen molar-refractivity contribution in [2.45, 2.75) is 94.7 Å². The fraction of sp³-hybridized carbons (Fsp3) is 1.00. The van der Waals surface area contributed by atoms with Gasteiger partial charge in [0.2, 0.25) is 0 Å². The van der Waals surface area contributed by atoms with Crippen molar-refractivity contribution in [2.24, 2.45) is 5.92 Å². The highest BCUT2D eigenvalue weighted by Gasteiger charge is 2.47. The lowest BCUT2D eigenvalue weighted by Gasteiger charge is -2.50. The van der Waals surface area contributed by atoms with Crippen molar-refractivity contribution >= 4 is 0 Å². The molecular weight excluding hydrogens is 222 g/mol. The van der Waals surface area contributed by atoms with Gasteiger partial charge in [0.05, 0.1) is 5.60 Å². The zero-order valence-electron chi connectivity index (χ0n) is 11.7. The van der Waals surface area contributed by atoms with Crippen LogP contribution in [-0.2, 0) is 0 Å². The largest absolute Gasteiger partial charge is 0.388 e. The Labute approximate surface area is 112 Å². The van der Waals surface area contributed by atoms with E-state index in [-0.39, 0.29) is 5.60 Å². The van der Waals surface area contributed by atoms with Crippen LogP contribution < -0.4 is 5.32 Å². The maximum atomic E-state index is 11.1. The topological polar surface area (TPSA) is 32.3 Å². The van der Waals surface area contributed by atoms with Gasteiger partial charge in [-0.05, 0) is 44.4 Å². The van der Waals surface area contributed by atoms with E-state index in [2.05, 4.69) is 5.32 Å². The van der Waals surface area contributed by atoms with E-state index in [1.165, 1.54) is 70.6 Å². The zero-order valence-corrected chi connectivity index (χ0v) is 11.7. The number of fused-ring (bicyclic) bond motifs is 1. The fourth-order valence-corrected chi connectivity index (χ4v) is 4.71. The van der Waals surface area contributed by atoms with Crippen molar-refractivity contribution in [2.75, 3.05) is 0 Å². The summed E-state index contributed by atoms with van der Waals surface area (Å²) in [6.07, 6.45) is 15.5. The number of rotatable bonds is 2. The van der Waals surface area contributed by atoms with Crippen LogP contribution in [0.25, 0.3) is 0 Å². The highest BCUT2D eigenvalue weighted by atomic mass is 16.3. The summed E-state index contributed by atoms with van der Waals surface area (Å²) in [5, 5.41) is 15.0. The minimum absolute atomic E-state index is 0.367. The maximum absolute atomic E-state index is 11.1. The molecule has 0 heterocycles. The molecule has 0 amide bonds. The minimum Gasteiger partial charge on any atom is -0.388 e. The van der Waals surface area contributed by atoms with Crippen LogP contribution in [0.5, 0.6) is 0 Å². The summed E-state index contributed by atoms with van der Waals surface area (Å²) in [4.78, 5) is 0. The normalized spacial score (nSPS) is 42.5. The number of hydrogen-bond acceptors (Lipinski definition) is 2. The Morgan fingerprint density at radius 2 is 1.50 bits per heavy atom. The third-order valence-electron chi connectivity index (χ3n) is 5.78. The molecule has 0 bridgehead atoms. The molecule has 0 aromatic carbocycles. The number of hydrogen-bond donors (Lipinski definition) is 2. The van der Waals surface area contributed by atoms with Crippen molar-refractivity contribution in [1.82, 2.24) is 5.32 Å². The molecule has 3 aliphatic rings. The predicted octanol–water partition coefficient (Wildman–Crippen LogP) is 3.38. The fourth-order valence-electron chi connectivity index (χ4n) is 4.71. The SMILES string of the molecule is O[C@]12CCCC[C@@H]1CCCC2NC1CCCCC1. The molecule has 3 atom stereocenters. The van der Waals surface area contributed by atoms with Crippen LogP contribution in [0.15, 0.2) is 0 Å². The van der Waals surface area contributed by atoms with Crippen molar-refractivity contribution in [1.29, 1.82) is 0 Å². The molecule has 1 unspecified atom stereocenters. The smallest absolute Gasteiger partial charge is 0.0828 e. The molecule has 18 heavy (non-hydrogen) atoms. The molecule has 2 N–H and O–H groups in total. The Morgan fingerprint density at radius 3 is 2.33 bits per heavy atom. The van der Waals surface area contributed by atoms with Gasteiger partial charge in [0.15, 0.2) is 0 Å². The number of nitrogens with one attached hydrogen (secondary N) is 1. The summed E-state index contributed by atoms with van der Waals surface area (Å²) in [7, 11) is 0. The van der Waals surface area contributed by atoms with E-state index in [4.69, 9.17) is 0 Å². The maximum Gasteiger partial charge on any atom is 0.0828 e. The molecular formula is C16H29NO. The quantitative estimate of drug-likeness (QED) is 0.788. The first-order valence-corrected chi connectivity index (χ1v) is 8.27. The average Bonchev–Trinajstić information content (AvgIpc) is 2.41. The van der Waals surface area contributed by atoms with Gasteiger partial charge < -0.3 is 10.4 Å². The molecule has 0 saturated heterocycles. The van der Waals surface area contributed by atoms with E-state index in [0.717, 1.165) is 6.42 Å². The monoisotopic (exact) mass is 251 g/mol. The van der Waals surface area contributed by atoms with E-state index >= 15 is 0 Å². The summed E-state index contributed by atoms with van der Waals surface area (Å²) in [5.74, 6) is 0.584. The molecule has 0 aromatic rings. The van der Waals surface area contributed by atoms with Crippen LogP contribution in [0.3, 0.4) is 0 Å².